The molecule has 12 heavy (non-hydrogen) atoms. The fraction of sp³-hybridized carbons (Fsp3) is 0.500. The van der Waals surface area contributed by atoms with Crippen molar-refractivity contribution in [3.05, 3.63) is 11.8 Å². The van der Waals surface area contributed by atoms with Crippen molar-refractivity contribution in [2.45, 2.75) is 20.8 Å². The minimum Gasteiger partial charge on any atom is -0.479 e. The van der Waals surface area contributed by atoms with Gasteiger partial charge in [0.1, 0.15) is 0 Å². The second-order valence-corrected chi connectivity index (χ2v) is 1.79. The number of Topliss-reactive ketones (excluding diaryl/α,β-unsaturated/α-hetero) is 1. The van der Waals surface area contributed by atoms with Crippen LogP contribution in [-0.4, -0.2) is 18.0 Å². The summed E-state index contributed by atoms with van der Waals surface area (Å²) in [5.41, 5.74) is 0. The van der Waals surface area contributed by atoms with Crippen molar-refractivity contribution in [2.75, 3.05) is 7.11 Å². The van der Waals surface area contributed by atoms with E-state index in [1.165, 1.54) is 20.1 Å². The van der Waals surface area contributed by atoms with Gasteiger partial charge in [0.05, 0.1) is 13.2 Å². The molecule has 4 heteroatoms. The minimum atomic E-state index is -0.157. The zero-order chi connectivity index (χ0) is 9.56. The topological polar surface area (TPSA) is 52.3 Å². The predicted octanol–water partition coefficient (Wildman–Crippen LogP) is 1.91. The molecule has 0 aliphatic heterocycles. The Morgan fingerprint density at radius 3 is 2.42 bits per heavy atom. The predicted molar refractivity (Wildman–Crippen MR) is 44.4 cm³/mol. The van der Waals surface area contributed by atoms with Gasteiger partial charge in [0.25, 0.3) is 5.88 Å². The first-order valence-corrected chi connectivity index (χ1v) is 3.75. The maximum absolute atomic E-state index is 10.6. The van der Waals surface area contributed by atoms with Gasteiger partial charge in [0.15, 0.2) is 5.78 Å². The van der Waals surface area contributed by atoms with Crippen LogP contribution in [0.4, 0.5) is 0 Å². The van der Waals surface area contributed by atoms with Crippen molar-refractivity contribution < 1.29 is 14.1 Å². The number of hydrogen-bond donors (Lipinski definition) is 0. The first-order valence-electron chi connectivity index (χ1n) is 3.75. The molecular weight excluding hydrogens is 158 g/mol. The molecule has 1 aromatic rings. The van der Waals surface area contributed by atoms with Gasteiger partial charge in [-0.25, -0.2) is 0 Å². The Bertz CT molecular complexity index is 242. The molecule has 0 atom stereocenters. The molecule has 0 saturated heterocycles. The molecule has 0 aliphatic carbocycles. The molecular formula is C8H13NO3. The second kappa shape index (κ2) is 5.35. The Balaban J connectivity index is 0.000000561. The normalized spacial score (nSPS) is 8.33. The van der Waals surface area contributed by atoms with Crippen molar-refractivity contribution in [3.63, 3.8) is 0 Å². The molecule has 0 amide bonds. The Hall–Kier alpha value is -1.32. The summed E-state index contributed by atoms with van der Waals surface area (Å²) in [4.78, 5) is 10.6. The van der Waals surface area contributed by atoms with E-state index >= 15 is 0 Å². The average molecular weight is 171 g/mol. The van der Waals surface area contributed by atoms with E-state index in [9.17, 15) is 4.79 Å². The van der Waals surface area contributed by atoms with Crippen molar-refractivity contribution in [1.29, 1.82) is 0 Å². The number of ether oxygens (including phenoxy) is 1. The van der Waals surface area contributed by atoms with Gasteiger partial charge in [-0.2, -0.15) is 0 Å². The highest BCUT2D eigenvalue weighted by molar-refractivity contribution is 5.91. The molecule has 0 bridgehead atoms. The maximum Gasteiger partial charge on any atom is 0.254 e. The summed E-state index contributed by atoms with van der Waals surface area (Å²) in [5.74, 6) is 0.387. The van der Waals surface area contributed by atoms with E-state index in [4.69, 9.17) is 0 Å². The molecule has 1 rings (SSSR count). The van der Waals surface area contributed by atoms with Gasteiger partial charge in [-0.3, -0.25) is 4.79 Å². The number of methoxy groups -OCH3 is 1. The summed E-state index contributed by atoms with van der Waals surface area (Å²) in [6.45, 7) is 5.40. The summed E-state index contributed by atoms with van der Waals surface area (Å²) >= 11 is 0. The number of aromatic nitrogens is 1. The third-order valence-electron chi connectivity index (χ3n) is 1.04. The first-order chi connectivity index (χ1) is 5.74. The Morgan fingerprint density at radius 2 is 2.17 bits per heavy atom. The maximum atomic E-state index is 10.6. The molecule has 68 valence electrons. The number of carbonyl (C=O) groups is 1. The number of hydrogen-bond acceptors (Lipinski definition) is 4. The van der Waals surface area contributed by atoms with Crippen molar-refractivity contribution >= 4 is 5.78 Å². The van der Waals surface area contributed by atoms with Gasteiger partial charge in [0.2, 0.25) is 5.76 Å². The zero-order valence-electron chi connectivity index (χ0n) is 7.75. The summed E-state index contributed by atoms with van der Waals surface area (Å²) in [5, 5.41) is 3.44. The smallest absolute Gasteiger partial charge is 0.254 e. The zero-order valence-corrected chi connectivity index (χ0v) is 7.75. The van der Waals surface area contributed by atoms with Crippen LogP contribution >= 0.6 is 0 Å². The lowest BCUT2D eigenvalue weighted by atomic mass is 10.3. The van der Waals surface area contributed by atoms with Crippen LogP contribution < -0.4 is 4.74 Å². The number of ketones is 1. The minimum absolute atomic E-state index is 0.157. The lowest BCUT2D eigenvalue weighted by Gasteiger charge is -1.83. The quantitative estimate of drug-likeness (QED) is 0.638. The third-order valence-corrected chi connectivity index (χ3v) is 1.04. The molecule has 0 spiro atoms. The molecule has 0 unspecified atom stereocenters. The van der Waals surface area contributed by atoms with Crippen LogP contribution in [-0.2, 0) is 0 Å². The van der Waals surface area contributed by atoms with E-state index in [2.05, 4.69) is 14.4 Å². The monoisotopic (exact) mass is 171 g/mol. The van der Waals surface area contributed by atoms with Gasteiger partial charge < -0.3 is 9.26 Å². The second-order valence-electron chi connectivity index (χ2n) is 1.79. The summed E-state index contributed by atoms with van der Waals surface area (Å²) in [7, 11) is 1.46. The summed E-state index contributed by atoms with van der Waals surface area (Å²) in [6.07, 6.45) is 0. The molecule has 1 aromatic heterocycles. The molecule has 1 heterocycles. The molecule has 0 saturated carbocycles. The van der Waals surface area contributed by atoms with Gasteiger partial charge in [-0.15, -0.1) is 0 Å². The van der Waals surface area contributed by atoms with Crippen LogP contribution in [0.3, 0.4) is 0 Å². The van der Waals surface area contributed by atoms with Crippen LogP contribution in [0.25, 0.3) is 0 Å². The lowest BCUT2D eigenvalue weighted by molar-refractivity contribution is 0.0978. The summed E-state index contributed by atoms with van der Waals surface area (Å²) in [6, 6.07) is 1.45. The lowest BCUT2D eigenvalue weighted by Crippen LogP contribution is -1.86. The molecule has 4 nitrogen and oxygen atoms in total. The highest BCUT2D eigenvalue weighted by Gasteiger charge is 2.06. The van der Waals surface area contributed by atoms with E-state index in [1.807, 2.05) is 13.8 Å². The van der Waals surface area contributed by atoms with Gasteiger partial charge in [-0.1, -0.05) is 13.8 Å². The van der Waals surface area contributed by atoms with E-state index in [-0.39, 0.29) is 11.5 Å². The largest absolute Gasteiger partial charge is 0.479 e. The molecule has 0 aromatic carbocycles. The number of rotatable bonds is 2. The SMILES string of the molecule is CC.COc1cc(C(C)=O)on1. The van der Waals surface area contributed by atoms with Crippen LogP contribution in [0.5, 0.6) is 5.88 Å². The van der Waals surface area contributed by atoms with Crippen LogP contribution in [0, 0.1) is 0 Å². The summed E-state index contributed by atoms with van der Waals surface area (Å²) < 4.78 is 9.28. The number of carbonyl (C=O) groups excluding carboxylic acids is 1. The van der Waals surface area contributed by atoms with E-state index < -0.39 is 0 Å². The van der Waals surface area contributed by atoms with E-state index in [1.54, 1.807) is 0 Å². The highest BCUT2D eigenvalue weighted by atomic mass is 16.5. The van der Waals surface area contributed by atoms with E-state index in [0.717, 1.165) is 0 Å². The van der Waals surface area contributed by atoms with Gasteiger partial charge >= 0.3 is 0 Å². The highest BCUT2D eigenvalue weighted by Crippen LogP contribution is 2.10. The van der Waals surface area contributed by atoms with Crippen molar-refractivity contribution in [3.8, 4) is 5.88 Å². The Morgan fingerprint density at radius 1 is 1.58 bits per heavy atom. The molecule has 0 N–H and O–H groups in total. The Labute approximate surface area is 71.5 Å². The molecule has 0 radical (unpaired) electrons. The number of nitrogens with zero attached hydrogens (tertiary/aromatic N) is 1. The van der Waals surface area contributed by atoms with E-state index in [0.29, 0.717) is 5.88 Å². The molecule has 0 fully saturated rings. The van der Waals surface area contributed by atoms with Crippen LogP contribution in [0.1, 0.15) is 31.3 Å². The first kappa shape index (κ1) is 10.7. The third kappa shape index (κ3) is 2.74. The van der Waals surface area contributed by atoms with Crippen LogP contribution in [0.15, 0.2) is 10.6 Å². The fourth-order valence-corrected chi connectivity index (χ4v) is 0.521. The van der Waals surface area contributed by atoms with Crippen molar-refractivity contribution in [2.24, 2.45) is 0 Å². The molecule has 0 aliphatic rings. The van der Waals surface area contributed by atoms with Gasteiger partial charge in [-0.05, 0) is 5.16 Å². The Kier molecular flexibility index (Phi) is 4.76. The van der Waals surface area contributed by atoms with Crippen molar-refractivity contribution in [1.82, 2.24) is 5.16 Å². The average Bonchev–Trinajstić information content (AvgIpc) is 2.55. The van der Waals surface area contributed by atoms with Crippen LogP contribution in [0.2, 0.25) is 0 Å². The van der Waals surface area contributed by atoms with Gasteiger partial charge in [0, 0.05) is 6.92 Å². The standard InChI is InChI=1S/C6H7NO3.C2H6/c1-4(8)5-3-6(9-2)7-10-5;1-2/h3H,1-2H3;1-2H3. The fourth-order valence-electron chi connectivity index (χ4n) is 0.521.